The van der Waals surface area contributed by atoms with Crippen molar-refractivity contribution in [2.45, 2.75) is 44.9 Å². The van der Waals surface area contributed by atoms with E-state index >= 15 is 0 Å². The van der Waals surface area contributed by atoms with Crippen molar-refractivity contribution in [2.75, 3.05) is 7.11 Å². The van der Waals surface area contributed by atoms with Crippen molar-refractivity contribution >= 4 is 5.97 Å². The minimum atomic E-state index is -4.41. The van der Waals surface area contributed by atoms with E-state index in [4.69, 9.17) is 9.47 Å². The lowest BCUT2D eigenvalue weighted by atomic mass is 9.88. The molecule has 0 aliphatic heterocycles. The molecule has 0 saturated carbocycles. The van der Waals surface area contributed by atoms with Gasteiger partial charge >= 0.3 is 12.1 Å². The summed E-state index contributed by atoms with van der Waals surface area (Å²) in [6.45, 7) is 5.30. The smallest absolute Gasteiger partial charge is 0.416 e. The number of benzene rings is 2. The molecule has 6 heteroatoms. The van der Waals surface area contributed by atoms with Crippen molar-refractivity contribution < 1.29 is 27.4 Å². The quantitative estimate of drug-likeness (QED) is 0.636. The summed E-state index contributed by atoms with van der Waals surface area (Å²) >= 11 is 0. The lowest BCUT2D eigenvalue weighted by Gasteiger charge is -2.23. The molecule has 3 nitrogen and oxygen atoms in total. The summed E-state index contributed by atoms with van der Waals surface area (Å²) in [5.41, 5.74) is -0.00846. The molecule has 0 radical (unpaired) electrons. The van der Waals surface area contributed by atoms with Crippen LogP contribution in [0.2, 0.25) is 0 Å². The van der Waals surface area contributed by atoms with Gasteiger partial charge in [0.05, 0.1) is 19.1 Å². The minimum Gasteiger partial charge on any atom is -0.497 e. The fourth-order valence-corrected chi connectivity index (χ4v) is 2.74. The number of carbonyl (C=O) groups is 1. The highest BCUT2D eigenvalue weighted by atomic mass is 19.4. The van der Waals surface area contributed by atoms with Crippen LogP contribution in [0.3, 0.4) is 0 Å². The summed E-state index contributed by atoms with van der Waals surface area (Å²) in [7, 11) is 1.53. The maximum absolute atomic E-state index is 12.8. The molecule has 2 rings (SSSR count). The van der Waals surface area contributed by atoms with Gasteiger partial charge in [0.2, 0.25) is 0 Å². The topological polar surface area (TPSA) is 35.5 Å². The second kappa shape index (κ2) is 8.03. The Morgan fingerprint density at radius 2 is 1.63 bits per heavy atom. The maximum Gasteiger partial charge on any atom is 0.416 e. The van der Waals surface area contributed by atoms with Crippen molar-refractivity contribution in [3.8, 4) is 5.75 Å². The summed E-state index contributed by atoms with van der Waals surface area (Å²) in [5.74, 6) is -0.263. The first-order valence-corrected chi connectivity index (χ1v) is 8.52. The minimum absolute atomic E-state index is 0.00972. The van der Waals surface area contributed by atoms with Gasteiger partial charge in [-0.1, -0.05) is 24.3 Å². The Bertz CT molecular complexity index is 774. The molecule has 0 bridgehead atoms. The van der Waals surface area contributed by atoms with Crippen molar-refractivity contribution in [2.24, 2.45) is 0 Å². The molecule has 146 valence electrons. The third-order valence-corrected chi connectivity index (χ3v) is 3.93. The molecule has 0 saturated heterocycles. The summed E-state index contributed by atoms with van der Waals surface area (Å²) in [6.07, 6.45) is -4.40. The molecule has 27 heavy (non-hydrogen) atoms. The van der Waals surface area contributed by atoms with Gasteiger partial charge in [-0.2, -0.15) is 13.2 Å². The number of alkyl halides is 3. The van der Waals surface area contributed by atoms with Crippen LogP contribution in [-0.4, -0.2) is 18.7 Å². The zero-order valence-electron chi connectivity index (χ0n) is 15.8. The molecule has 0 amide bonds. The average molecular weight is 380 g/mol. The number of hydrogen-bond donors (Lipinski definition) is 0. The fraction of sp³-hybridized carbons (Fsp3) is 0.381. The molecular formula is C21H23F3O3. The van der Waals surface area contributed by atoms with Crippen LogP contribution >= 0.6 is 0 Å². The van der Waals surface area contributed by atoms with E-state index < -0.39 is 29.2 Å². The zero-order chi connectivity index (χ0) is 20.2. The molecule has 0 aliphatic rings. The second-order valence-electron chi connectivity index (χ2n) is 7.24. The lowest BCUT2D eigenvalue weighted by molar-refractivity contribution is -0.155. The van der Waals surface area contributed by atoms with Crippen LogP contribution in [0.5, 0.6) is 5.75 Å². The molecule has 0 heterocycles. The van der Waals surface area contributed by atoms with Crippen molar-refractivity contribution in [1.29, 1.82) is 0 Å². The summed E-state index contributed by atoms with van der Waals surface area (Å²) in [5, 5.41) is 0. The number of halogens is 3. The first-order valence-electron chi connectivity index (χ1n) is 8.52. The molecule has 2 aromatic carbocycles. The van der Waals surface area contributed by atoms with Crippen LogP contribution < -0.4 is 4.74 Å². The Morgan fingerprint density at radius 1 is 1.00 bits per heavy atom. The Kier molecular flexibility index (Phi) is 6.19. The van der Waals surface area contributed by atoms with Gasteiger partial charge in [0.25, 0.3) is 0 Å². The van der Waals surface area contributed by atoms with Gasteiger partial charge < -0.3 is 9.47 Å². The molecule has 0 aliphatic carbocycles. The highest BCUT2D eigenvalue weighted by Crippen LogP contribution is 2.34. The first kappa shape index (κ1) is 20.8. The summed E-state index contributed by atoms with van der Waals surface area (Å²) in [4.78, 5) is 12.4. The van der Waals surface area contributed by atoms with Crippen LogP contribution in [0.4, 0.5) is 13.2 Å². The van der Waals surface area contributed by atoms with Crippen molar-refractivity contribution in [3.05, 3.63) is 65.2 Å². The molecule has 1 atom stereocenters. The van der Waals surface area contributed by atoms with Crippen LogP contribution in [0.15, 0.2) is 48.5 Å². The third-order valence-electron chi connectivity index (χ3n) is 3.93. The number of hydrogen-bond acceptors (Lipinski definition) is 3. The van der Waals surface area contributed by atoms with Gasteiger partial charge in [0.15, 0.2) is 0 Å². The van der Waals surface area contributed by atoms with Crippen molar-refractivity contribution in [1.82, 2.24) is 0 Å². The summed E-state index contributed by atoms with van der Waals surface area (Å²) in [6, 6.07) is 12.0. The second-order valence-corrected chi connectivity index (χ2v) is 7.24. The van der Waals surface area contributed by atoms with Gasteiger partial charge in [0, 0.05) is 5.92 Å². The van der Waals surface area contributed by atoms with Crippen LogP contribution in [0, 0.1) is 0 Å². The maximum atomic E-state index is 12.8. The van der Waals surface area contributed by atoms with E-state index in [1.165, 1.54) is 19.2 Å². The predicted molar refractivity (Wildman–Crippen MR) is 96.7 cm³/mol. The Labute approximate surface area is 157 Å². The zero-order valence-corrected chi connectivity index (χ0v) is 15.8. The lowest BCUT2D eigenvalue weighted by Crippen LogP contribution is -2.25. The number of ether oxygens (including phenoxy) is 2. The van der Waals surface area contributed by atoms with E-state index in [1.54, 1.807) is 39.0 Å². The Balaban J connectivity index is 2.38. The predicted octanol–water partition coefficient (Wildman–Crippen LogP) is 5.58. The van der Waals surface area contributed by atoms with E-state index in [0.29, 0.717) is 11.3 Å². The molecular weight excluding hydrogens is 357 g/mol. The SMILES string of the molecule is COc1cccc(C(CC(=O)OC(C)(C)C)c2ccc(C(F)(F)F)cc2)c1. The number of esters is 1. The molecule has 1 unspecified atom stereocenters. The largest absolute Gasteiger partial charge is 0.497 e. The van der Waals surface area contributed by atoms with Gasteiger partial charge in [-0.15, -0.1) is 0 Å². The van der Waals surface area contributed by atoms with Crippen LogP contribution in [0.1, 0.15) is 49.8 Å². The number of carbonyl (C=O) groups excluding carboxylic acids is 1. The monoisotopic (exact) mass is 380 g/mol. The first-order chi connectivity index (χ1) is 12.5. The summed E-state index contributed by atoms with van der Waals surface area (Å²) < 4.78 is 49.2. The van der Waals surface area contributed by atoms with Gasteiger partial charge in [0.1, 0.15) is 11.4 Å². The van der Waals surface area contributed by atoms with E-state index in [2.05, 4.69) is 0 Å². The standard InChI is InChI=1S/C21H23F3O3/c1-20(2,3)27-19(25)13-18(15-6-5-7-17(12-15)26-4)14-8-10-16(11-9-14)21(22,23)24/h5-12,18H,13H2,1-4H3. The highest BCUT2D eigenvalue weighted by Gasteiger charge is 2.31. The van der Waals surface area contributed by atoms with Crippen LogP contribution in [0.25, 0.3) is 0 Å². The highest BCUT2D eigenvalue weighted by molar-refractivity contribution is 5.72. The van der Waals surface area contributed by atoms with Gasteiger partial charge in [-0.25, -0.2) is 0 Å². The van der Waals surface area contributed by atoms with E-state index in [-0.39, 0.29) is 6.42 Å². The molecule has 0 fully saturated rings. The molecule has 0 N–H and O–H groups in total. The van der Waals surface area contributed by atoms with Crippen molar-refractivity contribution in [3.63, 3.8) is 0 Å². The Hall–Kier alpha value is -2.50. The third kappa shape index (κ3) is 6.01. The van der Waals surface area contributed by atoms with E-state index in [9.17, 15) is 18.0 Å². The molecule has 0 spiro atoms. The average Bonchev–Trinajstić information content (AvgIpc) is 2.57. The van der Waals surface area contributed by atoms with Gasteiger partial charge in [-0.3, -0.25) is 4.79 Å². The number of methoxy groups -OCH3 is 1. The van der Waals surface area contributed by atoms with E-state index in [1.807, 2.05) is 6.07 Å². The fourth-order valence-electron chi connectivity index (χ4n) is 2.74. The Morgan fingerprint density at radius 3 is 2.15 bits per heavy atom. The van der Waals surface area contributed by atoms with E-state index in [0.717, 1.165) is 17.7 Å². The molecule has 2 aromatic rings. The van der Waals surface area contributed by atoms with Gasteiger partial charge in [-0.05, 0) is 56.2 Å². The van der Waals surface area contributed by atoms with Crippen LogP contribution in [-0.2, 0) is 15.7 Å². The number of rotatable bonds is 5. The normalized spacial score (nSPS) is 13.1. The molecule has 0 aromatic heterocycles.